The minimum Gasteiger partial charge on any atom is -0.495 e. The first kappa shape index (κ1) is 13.5. The highest BCUT2D eigenvalue weighted by molar-refractivity contribution is 5.78. The van der Waals surface area contributed by atoms with Crippen LogP contribution in [0.4, 0.5) is 0 Å². The lowest BCUT2D eigenvalue weighted by Crippen LogP contribution is -2.15. The summed E-state index contributed by atoms with van der Waals surface area (Å²) >= 11 is 0. The summed E-state index contributed by atoms with van der Waals surface area (Å²) in [6.45, 7) is 0. The number of hydrogen-bond donors (Lipinski definition) is 1. The molecule has 1 unspecified atom stereocenters. The van der Waals surface area contributed by atoms with Gasteiger partial charge in [0.1, 0.15) is 5.75 Å². The Morgan fingerprint density at radius 1 is 1.14 bits per heavy atom. The van der Waals surface area contributed by atoms with Crippen molar-refractivity contribution in [2.75, 3.05) is 7.11 Å². The van der Waals surface area contributed by atoms with Crippen molar-refractivity contribution < 1.29 is 4.74 Å². The molecule has 0 fully saturated rings. The fraction of sp³-hybridized carbons (Fsp3) is 0.176. The van der Waals surface area contributed by atoms with E-state index in [-0.39, 0.29) is 6.04 Å². The lowest BCUT2D eigenvalue weighted by molar-refractivity contribution is 0.403. The summed E-state index contributed by atoms with van der Waals surface area (Å²) < 4.78 is 5.31. The average molecular weight is 279 g/mol. The molecule has 4 nitrogen and oxygen atoms in total. The van der Waals surface area contributed by atoms with Crippen LogP contribution in [0, 0.1) is 0 Å². The van der Waals surface area contributed by atoms with Crippen LogP contribution in [0.2, 0.25) is 0 Å². The normalized spacial score (nSPS) is 12.3. The Labute approximate surface area is 123 Å². The molecule has 3 aromatic rings. The number of benzene rings is 1. The predicted octanol–water partition coefficient (Wildman–Crippen LogP) is 2.88. The molecular weight excluding hydrogens is 262 g/mol. The first-order chi connectivity index (χ1) is 10.3. The molecule has 0 saturated carbocycles. The number of pyridine rings is 2. The predicted molar refractivity (Wildman–Crippen MR) is 83.2 cm³/mol. The summed E-state index contributed by atoms with van der Waals surface area (Å²) in [6, 6.07) is 13.9. The fourth-order valence-corrected chi connectivity index (χ4v) is 2.42. The molecular formula is C17H17N3O. The van der Waals surface area contributed by atoms with Crippen molar-refractivity contribution in [2.45, 2.75) is 12.5 Å². The van der Waals surface area contributed by atoms with E-state index in [0.717, 1.165) is 22.2 Å². The molecule has 2 heterocycles. The van der Waals surface area contributed by atoms with Crippen LogP contribution in [0.3, 0.4) is 0 Å². The molecule has 3 rings (SSSR count). The van der Waals surface area contributed by atoms with Gasteiger partial charge in [-0.1, -0.05) is 24.3 Å². The van der Waals surface area contributed by atoms with Crippen LogP contribution < -0.4 is 10.5 Å². The third-order valence-electron chi connectivity index (χ3n) is 3.52. The van der Waals surface area contributed by atoms with E-state index in [9.17, 15) is 0 Å². The van der Waals surface area contributed by atoms with Gasteiger partial charge in [-0.2, -0.15) is 0 Å². The Hall–Kier alpha value is -2.46. The molecule has 0 bridgehead atoms. The van der Waals surface area contributed by atoms with Crippen molar-refractivity contribution in [2.24, 2.45) is 5.73 Å². The Bertz CT molecular complexity index is 758. The quantitative estimate of drug-likeness (QED) is 0.797. The summed E-state index contributed by atoms with van der Waals surface area (Å²) in [7, 11) is 1.63. The number of hydrogen-bond acceptors (Lipinski definition) is 4. The van der Waals surface area contributed by atoms with E-state index in [1.165, 1.54) is 0 Å². The Morgan fingerprint density at radius 3 is 2.86 bits per heavy atom. The van der Waals surface area contributed by atoms with Crippen molar-refractivity contribution in [1.82, 2.24) is 9.97 Å². The second-order valence-electron chi connectivity index (χ2n) is 4.92. The van der Waals surface area contributed by atoms with E-state index < -0.39 is 0 Å². The van der Waals surface area contributed by atoms with Gasteiger partial charge in [-0.15, -0.1) is 0 Å². The van der Waals surface area contributed by atoms with E-state index in [1.54, 1.807) is 19.5 Å². The van der Waals surface area contributed by atoms with Gasteiger partial charge in [0.15, 0.2) is 0 Å². The maximum absolute atomic E-state index is 6.30. The van der Waals surface area contributed by atoms with Gasteiger partial charge in [-0.3, -0.25) is 9.97 Å². The zero-order valence-corrected chi connectivity index (χ0v) is 11.9. The first-order valence-electron chi connectivity index (χ1n) is 6.86. The van der Waals surface area contributed by atoms with Crippen LogP contribution in [-0.4, -0.2) is 17.1 Å². The molecule has 0 amide bonds. The number of nitrogens with two attached hydrogens (primary N) is 1. The number of rotatable bonds is 4. The zero-order chi connectivity index (χ0) is 14.7. The van der Waals surface area contributed by atoms with Crippen molar-refractivity contribution in [1.29, 1.82) is 0 Å². The van der Waals surface area contributed by atoms with E-state index in [2.05, 4.69) is 22.1 Å². The number of fused-ring (bicyclic) bond motifs is 1. The minimum atomic E-state index is -0.170. The smallest absolute Gasteiger partial charge is 0.141 e. The van der Waals surface area contributed by atoms with Crippen molar-refractivity contribution in [3.8, 4) is 5.75 Å². The second kappa shape index (κ2) is 5.89. The number of nitrogens with zero attached hydrogens (tertiary/aromatic N) is 2. The summed E-state index contributed by atoms with van der Waals surface area (Å²) in [6.07, 6.45) is 4.07. The monoisotopic (exact) mass is 279 g/mol. The highest BCUT2D eigenvalue weighted by atomic mass is 16.5. The molecule has 2 aromatic heterocycles. The molecule has 0 spiro atoms. The maximum atomic E-state index is 6.30. The lowest BCUT2D eigenvalue weighted by atomic mass is 10.0. The molecule has 1 aromatic carbocycles. The minimum absolute atomic E-state index is 0.170. The number of para-hydroxylation sites is 1. The summed E-state index contributed by atoms with van der Waals surface area (Å²) in [5.41, 5.74) is 9.21. The van der Waals surface area contributed by atoms with E-state index in [0.29, 0.717) is 12.2 Å². The van der Waals surface area contributed by atoms with Gasteiger partial charge < -0.3 is 10.5 Å². The average Bonchev–Trinajstić information content (AvgIpc) is 2.54. The molecule has 0 aliphatic carbocycles. The Morgan fingerprint density at radius 2 is 2.00 bits per heavy atom. The van der Waals surface area contributed by atoms with Crippen LogP contribution >= 0.6 is 0 Å². The summed E-state index contributed by atoms with van der Waals surface area (Å²) in [4.78, 5) is 8.71. The zero-order valence-electron chi connectivity index (χ0n) is 11.9. The number of methoxy groups -OCH3 is 1. The standard InChI is InChI=1S/C17H17N3O/c1-21-17-11-19-9-8-14(17)15(18)10-13-7-6-12-4-2-3-5-16(12)20-13/h2-9,11,15H,10,18H2,1H3. The second-order valence-corrected chi connectivity index (χ2v) is 4.92. The van der Waals surface area contributed by atoms with Crippen LogP contribution in [-0.2, 0) is 6.42 Å². The van der Waals surface area contributed by atoms with Gasteiger partial charge in [0.05, 0.1) is 18.8 Å². The van der Waals surface area contributed by atoms with Gasteiger partial charge in [-0.25, -0.2) is 0 Å². The van der Waals surface area contributed by atoms with E-state index in [1.807, 2.05) is 30.3 Å². The van der Waals surface area contributed by atoms with Gasteiger partial charge in [0.2, 0.25) is 0 Å². The van der Waals surface area contributed by atoms with Gasteiger partial charge in [0, 0.05) is 35.3 Å². The van der Waals surface area contributed by atoms with Crippen molar-refractivity contribution in [3.63, 3.8) is 0 Å². The first-order valence-corrected chi connectivity index (χ1v) is 6.86. The molecule has 4 heteroatoms. The van der Waals surface area contributed by atoms with Crippen LogP contribution in [0.25, 0.3) is 10.9 Å². The molecule has 21 heavy (non-hydrogen) atoms. The van der Waals surface area contributed by atoms with Gasteiger partial charge in [-0.05, 0) is 18.2 Å². The fourth-order valence-electron chi connectivity index (χ4n) is 2.42. The van der Waals surface area contributed by atoms with E-state index >= 15 is 0 Å². The summed E-state index contributed by atoms with van der Waals surface area (Å²) in [5.74, 6) is 0.714. The molecule has 0 aliphatic heterocycles. The van der Waals surface area contributed by atoms with Gasteiger partial charge in [0.25, 0.3) is 0 Å². The number of ether oxygens (including phenoxy) is 1. The lowest BCUT2D eigenvalue weighted by Gasteiger charge is -2.15. The highest BCUT2D eigenvalue weighted by Gasteiger charge is 2.13. The highest BCUT2D eigenvalue weighted by Crippen LogP contribution is 2.24. The molecule has 106 valence electrons. The molecule has 0 saturated heterocycles. The van der Waals surface area contributed by atoms with Crippen LogP contribution in [0.5, 0.6) is 5.75 Å². The SMILES string of the molecule is COc1cnccc1C(N)Cc1ccc2ccccc2n1. The van der Waals surface area contributed by atoms with Crippen molar-refractivity contribution >= 4 is 10.9 Å². The largest absolute Gasteiger partial charge is 0.495 e. The molecule has 2 N–H and O–H groups in total. The third-order valence-corrected chi connectivity index (χ3v) is 3.52. The molecule has 0 aliphatic rings. The molecule has 0 radical (unpaired) electrons. The van der Waals surface area contributed by atoms with Crippen LogP contribution in [0.15, 0.2) is 54.9 Å². The number of aromatic nitrogens is 2. The Kier molecular flexibility index (Phi) is 3.79. The Balaban J connectivity index is 1.87. The topological polar surface area (TPSA) is 61.0 Å². The van der Waals surface area contributed by atoms with E-state index in [4.69, 9.17) is 10.5 Å². The van der Waals surface area contributed by atoms with Gasteiger partial charge >= 0.3 is 0 Å². The van der Waals surface area contributed by atoms with Crippen molar-refractivity contribution in [3.05, 3.63) is 66.1 Å². The molecule has 1 atom stereocenters. The van der Waals surface area contributed by atoms with Crippen LogP contribution in [0.1, 0.15) is 17.3 Å². The maximum Gasteiger partial charge on any atom is 0.141 e. The summed E-state index contributed by atoms with van der Waals surface area (Å²) in [5, 5.41) is 1.14. The third kappa shape index (κ3) is 2.85.